The molecule has 0 radical (unpaired) electrons. The first-order valence-corrected chi connectivity index (χ1v) is 12.9. The molecule has 2 aliphatic rings. The summed E-state index contributed by atoms with van der Waals surface area (Å²) < 4.78 is 12.0. The maximum Gasteiger partial charge on any atom is 0.226 e. The summed E-state index contributed by atoms with van der Waals surface area (Å²) in [6.07, 6.45) is 10.0. The summed E-state index contributed by atoms with van der Waals surface area (Å²) in [5.41, 5.74) is 5.72. The number of fused-ring (bicyclic) bond motifs is 3. The average Bonchev–Trinajstić information content (AvgIpc) is 2.91. The lowest BCUT2D eigenvalue weighted by molar-refractivity contribution is -0.138. The van der Waals surface area contributed by atoms with E-state index in [9.17, 15) is 4.79 Å². The van der Waals surface area contributed by atoms with E-state index in [1.54, 1.807) is 6.20 Å². The SMILES string of the molecule is O=C(C1CCCCC1)N1CCOCCOc2ccc(-c3cccnc3)cc2Cc2cccc(c2)C1. The molecule has 5 nitrogen and oxygen atoms in total. The van der Waals surface area contributed by atoms with Crippen LogP contribution in [0.3, 0.4) is 0 Å². The summed E-state index contributed by atoms with van der Waals surface area (Å²) in [5, 5.41) is 0. The van der Waals surface area contributed by atoms with Gasteiger partial charge in [-0.05, 0) is 53.3 Å². The molecule has 35 heavy (non-hydrogen) atoms. The quantitative estimate of drug-likeness (QED) is 0.485. The van der Waals surface area contributed by atoms with Gasteiger partial charge in [-0.1, -0.05) is 55.7 Å². The van der Waals surface area contributed by atoms with Crippen LogP contribution in [0.25, 0.3) is 11.1 Å². The van der Waals surface area contributed by atoms with Crippen molar-refractivity contribution in [2.75, 3.05) is 26.4 Å². The first kappa shape index (κ1) is 23.6. The Hall–Kier alpha value is -3.18. The van der Waals surface area contributed by atoms with Gasteiger partial charge >= 0.3 is 0 Å². The number of hydrogen-bond donors (Lipinski definition) is 0. The second-order valence-electron chi connectivity index (χ2n) is 9.62. The van der Waals surface area contributed by atoms with Gasteiger partial charge in [-0.2, -0.15) is 0 Å². The van der Waals surface area contributed by atoms with Crippen molar-refractivity contribution in [2.45, 2.75) is 45.1 Å². The maximum atomic E-state index is 13.4. The Kier molecular flexibility index (Phi) is 7.74. The second-order valence-corrected chi connectivity index (χ2v) is 9.62. The molecular formula is C30H34N2O3. The number of hydrogen-bond acceptors (Lipinski definition) is 4. The van der Waals surface area contributed by atoms with Gasteiger partial charge in [0.1, 0.15) is 12.4 Å². The van der Waals surface area contributed by atoms with Gasteiger partial charge in [0.25, 0.3) is 0 Å². The summed E-state index contributed by atoms with van der Waals surface area (Å²) >= 11 is 0. The van der Waals surface area contributed by atoms with Gasteiger partial charge in [-0.3, -0.25) is 9.78 Å². The molecule has 182 valence electrons. The zero-order valence-corrected chi connectivity index (χ0v) is 20.3. The van der Waals surface area contributed by atoms with Crippen molar-refractivity contribution in [1.29, 1.82) is 0 Å². The van der Waals surface area contributed by atoms with Crippen molar-refractivity contribution in [1.82, 2.24) is 9.88 Å². The van der Waals surface area contributed by atoms with Crippen LogP contribution in [0.15, 0.2) is 67.0 Å². The molecule has 2 aromatic carbocycles. The zero-order chi connectivity index (χ0) is 23.9. The van der Waals surface area contributed by atoms with Gasteiger partial charge in [0.15, 0.2) is 0 Å². The van der Waals surface area contributed by atoms with Crippen molar-refractivity contribution in [2.24, 2.45) is 5.92 Å². The predicted octanol–water partition coefficient (Wildman–Crippen LogP) is 5.66. The van der Waals surface area contributed by atoms with Crippen LogP contribution in [0, 0.1) is 5.92 Å². The predicted molar refractivity (Wildman–Crippen MR) is 137 cm³/mol. The molecule has 1 aromatic heterocycles. The summed E-state index contributed by atoms with van der Waals surface area (Å²) in [6, 6.07) is 19.0. The standard InChI is InChI=1S/C30H34N2O3/c33-30(25-8-2-1-3-9-25)32-14-15-34-16-17-35-29-12-11-26(27-10-5-13-31-21-27)20-28(29)19-23-6-4-7-24(18-23)22-32/h4-7,10-13,18,20-21,25H,1-3,8-9,14-17,19,22H2. The normalized spacial score (nSPS) is 17.7. The van der Waals surface area contributed by atoms with E-state index in [0.29, 0.717) is 32.9 Å². The largest absolute Gasteiger partial charge is 0.491 e. The van der Waals surface area contributed by atoms with Crippen molar-refractivity contribution < 1.29 is 14.3 Å². The molecule has 1 saturated carbocycles. The van der Waals surface area contributed by atoms with Gasteiger partial charge in [0, 0.05) is 43.4 Å². The third-order valence-corrected chi connectivity index (χ3v) is 7.07. The fourth-order valence-electron chi connectivity index (χ4n) is 5.21. The summed E-state index contributed by atoms with van der Waals surface area (Å²) in [4.78, 5) is 19.6. The van der Waals surface area contributed by atoms with Gasteiger partial charge < -0.3 is 14.4 Å². The fourth-order valence-corrected chi connectivity index (χ4v) is 5.21. The molecule has 3 aromatic rings. The number of benzene rings is 2. The number of carbonyl (C=O) groups excluding carboxylic acids is 1. The molecule has 0 N–H and O–H groups in total. The van der Waals surface area contributed by atoms with Crippen LogP contribution in [-0.4, -0.2) is 42.2 Å². The van der Waals surface area contributed by atoms with E-state index in [1.165, 1.54) is 12.0 Å². The highest BCUT2D eigenvalue weighted by molar-refractivity contribution is 5.79. The number of pyridine rings is 1. The van der Waals surface area contributed by atoms with Crippen LogP contribution in [0.2, 0.25) is 0 Å². The molecule has 0 saturated heterocycles. The van der Waals surface area contributed by atoms with Crippen molar-refractivity contribution in [3.63, 3.8) is 0 Å². The van der Waals surface area contributed by atoms with Crippen LogP contribution in [-0.2, 0) is 22.5 Å². The minimum Gasteiger partial charge on any atom is -0.491 e. The van der Waals surface area contributed by atoms with Crippen LogP contribution in [0.4, 0.5) is 0 Å². The Balaban J connectivity index is 1.41. The summed E-state index contributed by atoms with van der Waals surface area (Å²) in [7, 11) is 0. The molecule has 0 spiro atoms. The van der Waals surface area contributed by atoms with Gasteiger partial charge in [-0.25, -0.2) is 0 Å². The highest BCUT2D eigenvalue weighted by Gasteiger charge is 2.26. The molecule has 1 amide bonds. The van der Waals surface area contributed by atoms with Crippen LogP contribution in [0.5, 0.6) is 5.75 Å². The van der Waals surface area contributed by atoms with E-state index in [2.05, 4.69) is 53.5 Å². The number of carbonyl (C=O) groups is 1. The molecule has 1 fully saturated rings. The van der Waals surface area contributed by atoms with Crippen molar-refractivity contribution >= 4 is 5.91 Å². The van der Waals surface area contributed by atoms with E-state index < -0.39 is 0 Å². The van der Waals surface area contributed by atoms with E-state index in [-0.39, 0.29) is 11.8 Å². The molecule has 5 heteroatoms. The molecule has 2 heterocycles. The first-order chi connectivity index (χ1) is 17.3. The Morgan fingerprint density at radius 3 is 2.63 bits per heavy atom. The topological polar surface area (TPSA) is 51.7 Å². The molecule has 2 bridgehead atoms. The smallest absolute Gasteiger partial charge is 0.226 e. The van der Waals surface area contributed by atoms with Gasteiger partial charge in [0.05, 0.1) is 13.2 Å². The first-order valence-electron chi connectivity index (χ1n) is 12.9. The number of rotatable bonds is 2. The average molecular weight is 471 g/mol. The Morgan fingerprint density at radius 2 is 1.77 bits per heavy atom. The van der Waals surface area contributed by atoms with E-state index in [1.807, 2.05) is 17.2 Å². The third kappa shape index (κ3) is 6.09. The fraction of sp³-hybridized carbons (Fsp3) is 0.400. The Morgan fingerprint density at radius 1 is 0.886 bits per heavy atom. The van der Waals surface area contributed by atoms with Gasteiger partial charge in [-0.15, -0.1) is 0 Å². The minimum absolute atomic E-state index is 0.159. The zero-order valence-electron chi connectivity index (χ0n) is 20.3. The highest BCUT2D eigenvalue weighted by Crippen LogP contribution is 2.29. The molecular weight excluding hydrogens is 436 g/mol. The second kappa shape index (κ2) is 11.5. The third-order valence-electron chi connectivity index (χ3n) is 7.07. The van der Waals surface area contributed by atoms with E-state index >= 15 is 0 Å². The monoisotopic (exact) mass is 470 g/mol. The Bertz CT molecular complexity index is 1130. The number of nitrogens with zero attached hydrogens (tertiary/aromatic N) is 2. The summed E-state index contributed by atoms with van der Waals surface area (Å²) in [5.74, 6) is 1.33. The number of aromatic nitrogens is 1. The highest BCUT2D eigenvalue weighted by atomic mass is 16.5. The lowest BCUT2D eigenvalue weighted by Crippen LogP contribution is -2.38. The molecule has 0 atom stereocenters. The molecule has 5 rings (SSSR count). The Labute approximate surface area is 208 Å². The van der Waals surface area contributed by atoms with E-state index in [4.69, 9.17) is 9.47 Å². The van der Waals surface area contributed by atoms with Crippen LogP contribution in [0.1, 0.15) is 48.8 Å². The van der Waals surface area contributed by atoms with Crippen molar-refractivity contribution in [3.05, 3.63) is 83.7 Å². The van der Waals surface area contributed by atoms with Gasteiger partial charge in [0.2, 0.25) is 5.91 Å². The van der Waals surface area contributed by atoms with Crippen LogP contribution < -0.4 is 4.74 Å². The maximum absolute atomic E-state index is 13.4. The molecule has 1 aliphatic heterocycles. The van der Waals surface area contributed by atoms with E-state index in [0.717, 1.165) is 60.1 Å². The minimum atomic E-state index is 0.159. The lowest BCUT2D eigenvalue weighted by Gasteiger charge is -2.29. The molecule has 1 aliphatic carbocycles. The number of ether oxygens (including phenoxy) is 2. The lowest BCUT2D eigenvalue weighted by atomic mass is 9.88. The molecule has 0 unspecified atom stereocenters. The van der Waals surface area contributed by atoms with Crippen LogP contribution >= 0.6 is 0 Å². The number of amides is 1. The van der Waals surface area contributed by atoms with Crippen molar-refractivity contribution in [3.8, 4) is 16.9 Å². The summed E-state index contributed by atoms with van der Waals surface area (Å²) in [6.45, 7) is 2.75.